The number of rotatable bonds is 3. The molecule has 0 saturated carbocycles. The molecular formula is C84H62Ir4N8-4. The Balaban J connectivity index is 0.000000121. The number of hydrogen-bond acceptors (Lipinski definition) is 4. The first-order chi connectivity index (χ1) is 45.0. The summed E-state index contributed by atoms with van der Waals surface area (Å²) in [7, 11) is 0. The second-order valence-electron chi connectivity index (χ2n) is 25.1. The van der Waals surface area contributed by atoms with Gasteiger partial charge in [-0.05, 0) is 132 Å². The van der Waals surface area contributed by atoms with Gasteiger partial charge < -0.3 is 17.8 Å². The molecule has 0 unspecified atom stereocenters. The molecule has 4 radical (unpaired) electrons. The minimum atomic E-state index is 0. The van der Waals surface area contributed by atoms with Crippen molar-refractivity contribution in [3.63, 3.8) is 0 Å². The smallest absolute Gasteiger partial charge is 0.0774 e. The summed E-state index contributed by atoms with van der Waals surface area (Å²) in [6.45, 7) is 13.3. The van der Waals surface area contributed by atoms with E-state index in [1.54, 1.807) is 0 Å². The maximum absolute atomic E-state index is 4.91. The molecule has 19 rings (SSSR count). The van der Waals surface area contributed by atoms with Crippen molar-refractivity contribution in [1.29, 1.82) is 0 Å². The van der Waals surface area contributed by atoms with Crippen LogP contribution in [0.4, 0.5) is 0 Å². The van der Waals surface area contributed by atoms with E-state index in [0.29, 0.717) is 0 Å². The zero-order valence-corrected chi connectivity index (χ0v) is 62.9. The molecule has 7 aromatic heterocycles. The number of para-hydroxylation sites is 10. The fourth-order valence-corrected chi connectivity index (χ4v) is 13.6. The summed E-state index contributed by atoms with van der Waals surface area (Å²) in [4.78, 5) is 19.5. The van der Waals surface area contributed by atoms with Crippen LogP contribution in [0.25, 0.3) is 143 Å². The van der Waals surface area contributed by atoms with E-state index in [2.05, 4.69) is 266 Å². The second kappa shape index (κ2) is 27.7. The fraction of sp³-hybridized carbons (Fsp3) is 0.0952. The average Bonchev–Trinajstić information content (AvgIpc) is 1.53. The summed E-state index contributed by atoms with van der Waals surface area (Å²) in [5.41, 5.74) is 22.8. The molecular weight excluding hydrogens is 1890 g/mol. The molecule has 0 N–H and O–H groups in total. The van der Waals surface area contributed by atoms with Crippen molar-refractivity contribution in [1.82, 2.24) is 37.7 Å². The zero-order valence-electron chi connectivity index (χ0n) is 53.4. The van der Waals surface area contributed by atoms with Gasteiger partial charge in [0.1, 0.15) is 0 Å². The van der Waals surface area contributed by atoms with E-state index >= 15 is 0 Å². The van der Waals surface area contributed by atoms with Crippen molar-refractivity contribution in [2.75, 3.05) is 0 Å². The van der Waals surface area contributed by atoms with E-state index < -0.39 is 0 Å². The Morgan fingerprint density at radius 2 is 0.729 bits per heavy atom. The summed E-state index contributed by atoms with van der Waals surface area (Å²) in [6, 6.07) is 102. The predicted molar refractivity (Wildman–Crippen MR) is 382 cm³/mol. The van der Waals surface area contributed by atoms with Gasteiger partial charge in [0.25, 0.3) is 0 Å². The molecule has 96 heavy (non-hydrogen) atoms. The van der Waals surface area contributed by atoms with Crippen LogP contribution in [0.2, 0.25) is 0 Å². The monoisotopic (exact) mass is 1950 g/mol. The van der Waals surface area contributed by atoms with E-state index in [0.717, 1.165) is 95.0 Å². The van der Waals surface area contributed by atoms with Crippen molar-refractivity contribution in [2.45, 2.75) is 48.0 Å². The summed E-state index contributed by atoms with van der Waals surface area (Å²) < 4.78 is 9.03. The number of benzene rings is 12. The molecule has 0 saturated heterocycles. The summed E-state index contributed by atoms with van der Waals surface area (Å²) in [5.74, 6) is 0.934. The second-order valence-corrected chi connectivity index (χ2v) is 25.1. The van der Waals surface area contributed by atoms with E-state index in [1.165, 1.54) is 76.8 Å². The Kier molecular flexibility index (Phi) is 19.4. The van der Waals surface area contributed by atoms with Gasteiger partial charge in [0.2, 0.25) is 0 Å². The minimum Gasteiger partial charge on any atom is -0.333 e. The topological polar surface area (TPSA) is 69.7 Å². The Labute approximate surface area is 610 Å². The van der Waals surface area contributed by atoms with Gasteiger partial charge in [-0.25, -0.2) is 0 Å². The molecule has 0 amide bonds. The maximum Gasteiger partial charge on any atom is 0.0774 e. The SMILES string of the molecule is CC(C)(C)Cc1ccc2c(c1)c1ccc[c-]c1c1nc3ccccc3n21.Cc1ccc2c(c1)c1ccc[c-]c1c1nc3ccccc3n21.Cc1cccc(C)c1-n1c(-c2[c-]cccc2)nc2ccccc21.[Ir].[Ir].[Ir].[Ir].[c-]1cccc2c1c1nc3ccccc3n1c1ccccc21. The Bertz CT molecular complexity index is 6080. The van der Waals surface area contributed by atoms with Gasteiger partial charge in [-0.2, -0.15) is 0 Å². The largest absolute Gasteiger partial charge is 0.333 e. The molecule has 8 nitrogen and oxygen atoms in total. The molecule has 0 atom stereocenters. The normalized spacial score (nSPS) is 11.4. The Morgan fingerprint density at radius 3 is 1.22 bits per heavy atom. The van der Waals surface area contributed by atoms with E-state index in [-0.39, 0.29) is 85.8 Å². The number of aromatic nitrogens is 8. The van der Waals surface area contributed by atoms with E-state index in [9.17, 15) is 0 Å². The first kappa shape index (κ1) is 67.1. The van der Waals surface area contributed by atoms with E-state index in [4.69, 9.17) is 19.9 Å². The van der Waals surface area contributed by atoms with Crippen LogP contribution in [0.15, 0.2) is 255 Å². The van der Waals surface area contributed by atoms with Crippen LogP contribution in [-0.2, 0) is 86.8 Å². The van der Waals surface area contributed by atoms with Gasteiger partial charge in [0.15, 0.2) is 0 Å². The number of hydrogen-bond donors (Lipinski definition) is 0. The summed E-state index contributed by atoms with van der Waals surface area (Å²) >= 11 is 0. The molecule has 0 fully saturated rings. The van der Waals surface area contributed by atoms with Crippen molar-refractivity contribution in [3.05, 3.63) is 301 Å². The molecule has 7 heterocycles. The molecule has 0 aliphatic heterocycles. The van der Waals surface area contributed by atoms with Crippen LogP contribution in [0.5, 0.6) is 0 Å². The molecule has 0 aliphatic carbocycles. The third kappa shape index (κ3) is 12.0. The van der Waals surface area contributed by atoms with Crippen LogP contribution in [-0.4, -0.2) is 37.7 Å². The molecule has 19 aromatic rings. The third-order valence-electron chi connectivity index (χ3n) is 17.5. The van der Waals surface area contributed by atoms with E-state index in [1.807, 2.05) is 72.8 Å². The molecule has 478 valence electrons. The van der Waals surface area contributed by atoms with Crippen LogP contribution < -0.4 is 0 Å². The van der Waals surface area contributed by atoms with Crippen LogP contribution in [0.1, 0.15) is 43.0 Å². The summed E-state index contributed by atoms with van der Waals surface area (Å²) in [5, 5.41) is 10.6. The van der Waals surface area contributed by atoms with Crippen LogP contribution in [0.3, 0.4) is 0 Å². The maximum atomic E-state index is 4.91. The Hall–Kier alpha value is -8.88. The van der Waals surface area contributed by atoms with Gasteiger partial charge in [0.05, 0.1) is 66.9 Å². The van der Waals surface area contributed by atoms with Crippen LogP contribution >= 0.6 is 0 Å². The van der Waals surface area contributed by atoms with Crippen molar-refractivity contribution < 1.29 is 80.4 Å². The van der Waals surface area contributed by atoms with Gasteiger partial charge in [-0.1, -0.05) is 152 Å². The average molecular weight is 1950 g/mol. The van der Waals surface area contributed by atoms with Crippen molar-refractivity contribution in [3.8, 4) is 17.1 Å². The molecule has 12 heteroatoms. The summed E-state index contributed by atoms with van der Waals surface area (Å²) in [6.07, 6.45) is 1.06. The van der Waals surface area contributed by atoms with Gasteiger partial charge in [-0.3, -0.25) is 19.9 Å². The fourth-order valence-electron chi connectivity index (χ4n) is 13.6. The quantitative estimate of drug-likeness (QED) is 0.131. The molecule has 12 aromatic carbocycles. The predicted octanol–water partition coefficient (Wildman–Crippen LogP) is 20.8. The molecule has 0 spiro atoms. The minimum absolute atomic E-state index is 0. The number of fused-ring (bicyclic) bond motifs is 25. The van der Waals surface area contributed by atoms with Gasteiger partial charge in [0, 0.05) is 103 Å². The standard InChI is InChI=1S/C24H21N2.C21H17N2.C20H13N2.C19H11N2.4Ir/c1-24(2,3)15-16-12-13-21-19(14-16)17-8-4-5-9-18(17)23-25-20-10-6-7-11-22(20)26(21)23;1-15-9-8-10-16(2)20(15)23-19-14-7-6-13-18(19)22-21(23)17-11-4-3-5-12-17;1-13-10-11-18-16(12-13)14-6-2-3-7-15(14)20-21-17-8-4-5-9-19(17)22(18)20;1-2-9-15-13(7-1)14-8-3-5-11-17(14)21-18-12-6-4-10-16(18)20-19(15)21;;;;/h4-8,10-14H,15H2,1-3H3;3-11,13-14H,1-2H3;2-6,8-12H,1H3;1-8,10-12H;;;;/q4*-1;;;;. The number of nitrogens with zero attached hydrogens (tertiary/aromatic N) is 8. The Morgan fingerprint density at radius 1 is 0.333 bits per heavy atom. The first-order valence-electron chi connectivity index (χ1n) is 31.3. The molecule has 0 aliphatic rings. The third-order valence-corrected chi connectivity index (χ3v) is 17.5. The van der Waals surface area contributed by atoms with Crippen LogP contribution in [0, 0.1) is 50.5 Å². The number of imidazole rings is 4. The van der Waals surface area contributed by atoms with Gasteiger partial charge >= 0.3 is 0 Å². The number of pyridine rings is 3. The van der Waals surface area contributed by atoms with Gasteiger partial charge in [-0.15, -0.1) is 125 Å². The van der Waals surface area contributed by atoms with Crippen molar-refractivity contribution >= 4 is 126 Å². The number of aryl methyl sites for hydroxylation is 3. The van der Waals surface area contributed by atoms with Crippen molar-refractivity contribution in [2.24, 2.45) is 5.41 Å². The zero-order chi connectivity index (χ0) is 62.2. The molecule has 0 bridgehead atoms. The first-order valence-corrected chi connectivity index (χ1v) is 31.3.